The quantitative estimate of drug-likeness (QED) is 0.707. The molecule has 3 heterocycles. The average Bonchev–Trinajstić information content (AvgIpc) is 2.88. The smallest absolute Gasteiger partial charge is 0.137 e. The Morgan fingerprint density at radius 1 is 1.14 bits per heavy atom. The van der Waals surface area contributed by atoms with Crippen LogP contribution in [0.2, 0.25) is 0 Å². The van der Waals surface area contributed by atoms with E-state index in [1.807, 2.05) is 6.20 Å². The first-order valence-electron chi connectivity index (χ1n) is 7.61. The van der Waals surface area contributed by atoms with Gasteiger partial charge in [-0.2, -0.15) is 0 Å². The second-order valence-electron chi connectivity index (χ2n) is 6.02. The first kappa shape index (κ1) is 14.0. The second kappa shape index (κ2) is 5.52. The van der Waals surface area contributed by atoms with Crippen LogP contribution in [0.3, 0.4) is 0 Å². The van der Waals surface area contributed by atoms with E-state index in [1.165, 1.54) is 21.4 Å². The van der Waals surface area contributed by atoms with Gasteiger partial charge in [0, 0.05) is 35.7 Å². The molecule has 112 valence electrons. The Labute approximate surface area is 138 Å². The highest BCUT2D eigenvalue weighted by Gasteiger charge is 2.29. The van der Waals surface area contributed by atoms with Crippen LogP contribution in [0.15, 0.2) is 53.1 Å². The highest BCUT2D eigenvalue weighted by molar-refractivity contribution is 9.10. The molecule has 1 aliphatic heterocycles. The minimum absolute atomic E-state index is 0.635. The van der Waals surface area contributed by atoms with Gasteiger partial charge in [0.2, 0.25) is 0 Å². The summed E-state index contributed by atoms with van der Waals surface area (Å²) in [5.41, 5.74) is 4.98. The van der Waals surface area contributed by atoms with Gasteiger partial charge in [0.1, 0.15) is 5.65 Å². The van der Waals surface area contributed by atoms with Crippen molar-refractivity contribution in [3.05, 3.63) is 70.1 Å². The first-order valence-corrected chi connectivity index (χ1v) is 8.40. The molecule has 0 spiro atoms. The summed E-state index contributed by atoms with van der Waals surface area (Å²) in [6.07, 6.45) is 2.01. The number of imidazole rings is 1. The zero-order valence-electron chi connectivity index (χ0n) is 12.5. The summed E-state index contributed by atoms with van der Waals surface area (Å²) in [5, 5.41) is 0. The standard InChI is InChI=1S/C18H18BrN3/c1-13-5-4-8-18-20-9-15(22(13)18)12-21-10-14(11-21)16-6-2-3-7-17(16)19/h2-9,14H,10-12H2,1H3. The fourth-order valence-corrected chi connectivity index (χ4v) is 3.93. The Balaban J connectivity index is 1.49. The lowest BCUT2D eigenvalue weighted by molar-refractivity contribution is 0.137. The van der Waals surface area contributed by atoms with Crippen LogP contribution in [0.5, 0.6) is 0 Å². The van der Waals surface area contributed by atoms with E-state index < -0.39 is 0 Å². The number of rotatable bonds is 3. The number of fused-ring (bicyclic) bond motifs is 1. The topological polar surface area (TPSA) is 20.5 Å². The maximum Gasteiger partial charge on any atom is 0.137 e. The van der Waals surface area contributed by atoms with Crippen molar-refractivity contribution in [2.45, 2.75) is 19.4 Å². The van der Waals surface area contributed by atoms with E-state index in [9.17, 15) is 0 Å². The van der Waals surface area contributed by atoms with Crippen LogP contribution in [-0.4, -0.2) is 27.4 Å². The number of hydrogen-bond acceptors (Lipinski definition) is 2. The Hall–Kier alpha value is -1.65. The summed E-state index contributed by atoms with van der Waals surface area (Å²) in [5.74, 6) is 0.635. The van der Waals surface area contributed by atoms with Gasteiger partial charge in [-0.25, -0.2) is 4.98 Å². The lowest BCUT2D eigenvalue weighted by Crippen LogP contribution is -2.44. The van der Waals surface area contributed by atoms with E-state index >= 15 is 0 Å². The Morgan fingerprint density at radius 3 is 2.77 bits per heavy atom. The van der Waals surface area contributed by atoms with Gasteiger partial charge in [-0.1, -0.05) is 40.2 Å². The fourth-order valence-electron chi connectivity index (χ4n) is 3.32. The predicted molar refractivity (Wildman–Crippen MR) is 92.1 cm³/mol. The van der Waals surface area contributed by atoms with E-state index in [-0.39, 0.29) is 0 Å². The predicted octanol–water partition coefficient (Wildman–Crippen LogP) is 4.00. The summed E-state index contributed by atoms with van der Waals surface area (Å²) >= 11 is 3.66. The molecule has 3 nitrogen and oxygen atoms in total. The van der Waals surface area contributed by atoms with Gasteiger partial charge in [-0.3, -0.25) is 4.90 Å². The molecule has 1 fully saturated rings. The molecule has 1 aromatic carbocycles. The number of aromatic nitrogens is 2. The molecule has 2 aromatic heterocycles. The van der Waals surface area contributed by atoms with E-state index in [0.717, 1.165) is 25.3 Å². The van der Waals surface area contributed by atoms with E-state index in [2.05, 4.69) is 79.6 Å². The largest absolute Gasteiger partial charge is 0.300 e. The van der Waals surface area contributed by atoms with E-state index in [4.69, 9.17) is 0 Å². The van der Waals surface area contributed by atoms with Crippen molar-refractivity contribution in [2.24, 2.45) is 0 Å². The van der Waals surface area contributed by atoms with E-state index in [1.54, 1.807) is 0 Å². The minimum Gasteiger partial charge on any atom is -0.300 e. The van der Waals surface area contributed by atoms with Crippen LogP contribution in [0.1, 0.15) is 22.9 Å². The number of halogens is 1. The molecular formula is C18H18BrN3. The molecule has 0 aliphatic carbocycles. The molecule has 4 rings (SSSR count). The van der Waals surface area contributed by atoms with Crippen molar-refractivity contribution in [2.75, 3.05) is 13.1 Å². The molecule has 0 atom stereocenters. The third kappa shape index (κ3) is 2.36. The zero-order chi connectivity index (χ0) is 15.1. The Bertz CT molecular complexity index is 818. The highest BCUT2D eigenvalue weighted by Crippen LogP contribution is 2.32. The minimum atomic E-state index is 0.635. The van der Waals surface area contributed by atoms with Crippen LogP contribution >= 0.6 is 15.9 Å². The Morgan fingerprint density at radius 2 is 1.95 bits per heavy atom. The van der Waals surface area contributed by atoms with Gasteiger partial charge in [-0.05, 0) is 30.7 Å². The van der Waals surface area contributed by atoms with Crippen LogP contribution in [0.4, 0.5) is 0 Å². The third-order valence-electron chi connectivity index (χ3n) is 4.49. The van der Waals surface area contributed by atoms with Gasteiger partial charge in [-0.15, -0.1) is 0 Å². The summed E-state index contributed by atoms with van der Waals surface area (Å²) in [7, 11) is 0. The SMILES string of the molecule is Cc1cccc2ncc(CN3CC(c4ccccc4Br)C3)n12. The van der Waals surface area contributed by atoms with Crippen LogP contribution in [-0.2, 0) is 6.54 Å². The number of nitrogens with zero attached hydrogens (tertiary/aromatic N) is 3. The van der Waals surface area contributed by atoms with Crippen molar-refractivity contribution in [3.63, 3.8) is 0 Å². The molecule has 0 N–H and O–H groups in total. The van der Waals surface area contributed by atoms with Crippen molar-refractivity contribution in [1.82, 2.24) is 14.3 Å². The zero-order valence-corrected chi connectivity index (χ0v) is 14.1. The first-order chi connectivity index (χ1) is 10.7. The summed E-state index contributed by atoms with van der Waals surface area (Å²) in [6, 6.07) is 14.8. The van der Waals surface area contributed by atoms with Gasteiger partial charge >= 0.3 is 0 Å². The molecule has 3 aromatic rings. The Kier molecular flexibility index (Phi) is 3.51. The fraction of sp³-hybridized carbons (Fsp3) is 0.278. The van der Waals surface area contributed by atoms with Crippen molar-refractivity contribution in [1.29, 1.82) is 0 Å². The van der Waals surface area contributed by atoms with Crippen molar-refractivity contribution in [3.8, 4) is 0 Å². The normalized spacial score (nSPS) is 16.1. The van der Waals surface area contributed by atoms with Gasteiger partial charge in [0.05, 0.1) is 11.9 Å². The number of benzene rings is 1. The maximum atomic E-state index is 4.51. The van der Waals surface area contributed by atoms with E-state index in [0.29, 0.717) is 5.92 Å². The molecule has 0 radical (unpaired) electrons. The molecular weight excluding hydrogens is 338 g/mol. The summed E-state index contributed by atoms with van der Waals surface area (Å²) in [6.45, 7) is 5.33. The number of likely N-dealkylation sites (tertiary alicyclic amines) is 1. The van der Waals surface area contributed by atoms with Crippen LogP contribution in [0.25, 0.3) is 5.65 Å². The third-order valence-corrected chi connectivity index (χ3v) is 5.21. The molecule has 0 bridgehead atoms. The maximum absolute atomic E-state index is 4.51. The van der Waals surface area contributed by atoms with Crippen molar-refractivity contribution >= 4 is 21.6 Å². The number of aryl methyl sites for hydroxylation is 1. The average molecular weight is 356 g/mol. The molecule has 22 heavy (non-hydrogen) atoms. The van der Waals surface area contributed by atoms with Gasteiger partial charge in [0.15, 0.2) is 0 Å². The summed E-state index contributed by atoms with van der Waals surface area (Å²) < 4.78 is 3.48. The number of pyridine rings is 1. The number of hydrogen-bond donors (Lipinski definition) is 0. The van der Waals surface area contributed by atoms with Gasteiger partial charge in [0.25, 0.3) is 0 Å². The highest BCUT2D eigenvalue weighted by atomic mass is 79.9. The van der Waals surface area contributed by atoms with Crippen molar-refractivity contribution < 1.29 is 0 Å². The molecule has 1 aliphatic rings. The molecule has 0 unspecified atom stereocenters. The summed E-state index contributed by atoms with van der Waals surface area (Å²) in [4.78, 5) is 7.00. The molecule has 0 amide bonds. The monoisotopic (exact) mass is 355 g/mol. The molecule has 4 heteroatoms. The second-order valence-corrected chi connectivity index (χ2v) is 6.88. The lowest BCUT2D eigenvalue weighted by Gasteiger charge is -2.39. The van der Waals surface area contributed by atoms with Crippen LogP contribution in [0, 0.1) is 6.92 Å². The lowest BCUT2D eigenvalue weighted by atomic mass is 9.91. The molecule has 0 saturated carbocycles. The molecule has 1 saturated heterocycles. The van der Waals surface area contributed by atoms with Gasteiger partial charge < -0.3 is 4.40 Å². The van der Waals surface area contributed by atoms with Crippen LogP contribution < -0.4 is 0 Å².